The lowest BCUT2D eigenvalue weighted by atomic mass is 10.1. The molecule has 1 aliphatic heterocycles. The highest BCUT2D eigenvalue weighted by Crippen LogP contribution is 2.24. The van der Waals surface area contributed by atoms with Gasteiger partial charge >= 0.3 is 0 Å². The highest BCUT2D eigenvalue weighted by Gasteiger charge is 2.21. The van der Waals surface area contributed by atoms with Gasteiger partial charge in [-0.2, -0.15) is 0 Å². The Labute approximate surface area is 185 Å². The highest BCUT2D eigenvalue weighted by molar-refractivity contribution is 7.92. The molecule has 0 unspecified atom stereocenters. The first kappa shape index (κ1) is 23.1. The zero-order chi connectivity index (χ0) is 22.4. The fourth-order valence-electron chi connectivity index (χ4n) is 3.52. The third-order valence-corrected chi connectivity index (χ3v) is 6.65. The predicted molar refractivity (Wildman–Crippen MR) is 123 cm³/mol. The lowest BCUT2D eigenvalue weighted by Crippen LogP contribution is -2.49. The smallest absolute Gasteiger partial charge is 0.260 e. The van der Waals surface area contributed by atoms with Crippen molar-refractivity contribution < 1.29 is 17.9 Å². The van der Waals surface area contributed by atoms with E-state index in [1.54, 1.807) is 24.3 Å². The number of likely N-dealkylation sites (N-methyl/N-ethyl adjacent to an activating group) is 1. The number of hydrogen-bond donors (Lipinski definition) is 0. The van der Waals surface area contributed by atoms with Gasteiger partial charge in [0.15, 0.2) is 6.61 Å². The molecule has 1 aliphatic rings. The van der Waals surface area contributed by atoms with Gasteiger partial charge in [0.25, 0.3) is 5.91 Å². The topological polar surface area (TPSA) is 70.2 Å². The largest absolute Gasteiger partial charge is 0.484 e. The van der Waals surface area contributed by atoms with Crippen molar-refractivity contribution in [1.29, 1.82) is 0 Å². The van der Waals surface area contributed by atoms with Crippen molar-refractivity contribution in [1.82, 2.24) is 9.80 Å². The van der Waals surface area contributed by atoms with Crippen LogP contribution in [0.1, 0.15) is 18.1 Å². The molecule has 3 rings (SSSR count). The molecule has 2 aromatic rings. The number of ether oxygens (including phenoxy) is 1. The molecule has 1 heterocycles. The number of aryl methyl sites for hydroxylation is 1. The Bertz CT molecular complexity index is 967. The third kappa shape index (κ3) is 6.45. The highest BCUT2D eigenvalue weighted by atomic mass is 32.2. The van der Waals surface area contributed by atoms with Gasteiger partial charge in [0.05, 0.1) is 18.5 Å². The normalized spacial score (nSPS) is 15.0. The van der Waals surface area contributed by atoms with E-state index in [1.807, 2.05) is 36.1 Å². The number of anilines is 1. The summed E-state index contributed by atoms with van der Waals surface area (Å²) in [7, 11) is -3.46. The van der Waals surface area contributed by atoms with Gasteiger partial charge in [-0.1, -0.05) is 36.8 Å². The van der Waals surface area contributed by atoms with Gasteiger partial charge in [-0.15, -0.1) is 0 Å². The molecule has 0 radical (unpaired) electrons. The van der Waals surface area contributed by atoms with Crippen LogP contribution in [0.3, 0.4) is 0 Å². The van der Waals surface area contributed by atoms with Crippen molar-refractivity contribution in [2.24, 2.45) is 0 Å². The molecule has 8 heteroatoms. The van der Waals surface area contributed by atoms with Gasteiger partial charge in [0.1, 0.15) is 5.75 Å². The number of benzene rings is 2. The molecule has 0 atom stereocenters. The van der Waals surface area contributed by atoms with Crippen LogP contribution in [-0.4, -0.2) is 69.7 Å². The monoisotopic (exact) mass is 445 g/mol. The number of carbonyl (C=O) groups is 1. The molecule has 31 heavy (non-hydrogen) atoms. The van der Waals surface area contributed by atoms with Gasteiger partial charge in [0.2, 0.25) is 10.0 Å². The van der Waals surface area contributed by atoms with Crippen LogP contribution >= 0.6 is 0 Å². The molecular weight excluding hydrogens is 414 g/mol. The van der Waals surface area contributed by atoms with Crippen molar-refractivity contribution in [2.45, 2.75) is 20.4 Å². The zero-order valence-electron chi connectivity index (χ0n) is 18.5. The van der Waals surface area contributed by atoms with Crippen LogP contribution in [-0.2, 0) is 21.4 Å². The minimum atomic E-state index is -3.46. The third-order valence-electron chi connectivity index (χ3n) is 5.51. The van der Waals surface area contributed by atoms with E-state index in [1.165, 1.54) is 10.6 Å². The second-order valence-corrected chi connectivity index (χ2v) is 9.76. The summed E-state index contributed by atoms with van der Waals surface area (Å²) >= 11 is 0. The Balaban J connectivity index is 1.60. The van der Waals surface area contributed by atoms with Gasteiger partial charge < -0.3 is 14.5 Å². The summed E-state index contributed by atoms with van der Waals surface area (Å²) in [5, 5.41) is 0. The lowest BCUT2D eigenvalue weighted by molar-refractivity contribution is -0.135. The van der Waals surface area contributed by atoms with Crippen LogP contribution in [0.5, 0.6) is 5.75 Å². The first-order valence-electron chi connectivity index (χ1n) is 10.5. The van der Waals surface area contributed by atoms with Gasteiger partial charge in [-0.25, -0.2) is 8.42 Å². The van der Waals surface area contributed by atoms with Crippen LogP contribution in [0, 0.1) is 6.92 Å². The fourth-order valence-corrected chi connectivity index (χ4v) is 4.41. The molecule has 0 bridgehead atoms. The summed E-state index contributed by atoms with van der Waals surface area (Å²) in [5.41, 5.74) is 2.58. The second-order valence-electron chi connectivity index (χ2n) is 7.85. The maximum Gasteiger partial charge on any atom is 0.260 e. The number of carbonyl (C=O) groups excluding carboxylic acids is 1. The van der Waals surface area contributed by atoms with E-state index in [9.17, 15) is 13.2 Å². The Morgan fingerprint density at radius 3 is 2.16 bits per heavy atom. The quantitative estimate of drug-likeness (QED) is 0.625. The Morgan fingerprint density at radius 1 is 1.00 bits per heavy atom. The summed E-state index contributed by atoms with van der Waals surface area (Å²) in [4.78, 5) is 16.5. The molecule has 1 amide bonds. The van der Waals surface area contributed by atoms with Crippen molar-refractivity contribution in [3.05, 3.63) is 59.7 Å². The van der Waals surface area contributed by atoms with Crippen molar-refractivity contribution in [2.75, 3.05) is 49.9 Å². The number of amides is 1. The average Bonchev–Trinajstić information content (AvgIpc) is 2.77. The molecule has 0 aliphatic carbocycles. The molecular formula is C23H31N3O4S. The molecule has 168 valence electrons. The maximum absolute atomic E-state index is 12.4. The summed E-state index contributed by atoms with van der Waals surface area (Å²) in [6.07, 6.45) is 1.20. The lowest BCUT2D eigenvalue weighted by Gasteiger charge is -2.33. The van der Waals surface area contributed by atoms with E-state index < -0.39 is 10.0 Å². The van der Waals surface area contributed by atoms with E-state index in [2.05, 4.69) is 11.8 Å². The Morgan fingerprint density at radius 2 is 1.61 bits per heavy atom. The standard InChI is InChI=1S/C23H31N3O4S/c1-4-24-13-15-25(16-14-24)23(27)18-30-22-11-9-21(10-12-22)26(31(3,28)29)17-20-7-5-19(2)6-8-20/h5-12H,4,13-18H2,1-3H3. The van der Waals surface area contributed by atoms with Crippen LogP contribution in [0.2, 0.25) is 0 Å². The number of rotatable bonds is 8. The van der Waals surface area contributed by atoms with Crippen molar-refractivity contribution >= 4 is 21.6 Å². The second kappa shape index (κ2) is 10.2. The molecule has 2 aromatic carbocycles. The van der Waals surface area contributed by atoms with E-state index >= 15 is 0 Å². The number of nitrogens with zero attached hydrogens (tertiary/aromatic N) is 3. The van der Waals surface area contributed by atoms with E-state index in [-0.39, 0.29) is 19.1 Å². The minimum absolute atomic E-state index is 0.0232. The Hall–Kier alpha value is -2.58. The van der Waals surface area contributed by atoms with E-state index in [0.717, 1.165) is 43.9 Å². The van der Waals surface area contributed by atoms with E-state index in [0.29, 0.717) is 11.4 Å². The number of hydrogen-bond acceptors (Lipinski definition) is 5. The van der Waals surface area contributed by atoms with Crippen LogP contribution < -0.4 is 9.04 Å². The predicted octanol–water partition coefficient (Wildman–Crippen LogP) is 2.50. The minimum Gasteiger partial charge on any atom is -0.484 e. The molecule has 1 saturated heterocycles. The van der Waals surface area contributed by atoms with Gasteiger partial charge in [-0.05, 0) is 43.3 Å². The number of piperazine rings is 1. The molecule has 0 aromatic heterocycles. The van der Waals surface area contributed by atoms with Gasteiger partial charge in [-0.3, -0.25) is 9.10 Å². The van der Waals surface area contributed by atoms with Crippen LogP contribution in [0.25, 0.3) is 0 Å². The molecule has 1 fully saturated rings. The van der Waals surface area contributed by atoms with Crippen molar-refractivity contribution in [3.8, 4) is 5.75 Å². The van der Waals surface area contributed by atoms with Crippen LogP contribution in [0.4, 0.5) is 5.69 Å². The first-order chi connectivity index (χ1) is 14.8. The zero-order valence-corrected chi connectivity index (χ0v) is 19.3. The van der Waals surface area contributed by atoms with E-state index in [4.69, 9.17) is 4.74 Å². The summed E-state index contributed by atoms with van der Waals surface area (Å²) in [5.74, 6) is 0.505. The van der Waals surface area contributed by atoms with Crippen LogP contribution in [0.15, 0.2) is 48.5 Å². The average molecular weight is 446 g/mol. The molecule has 0 spiro atoms. The first-order valence-corrected chi connectivity index (χ1v) is 12.4. The number of sulfonamides is 1. The summed E-state index contributed by atoms with van der Waals surface area (Å²) in [6.45, 7) is 8.56. The molecule has 7 nitrogen and oxygen atoms in total. The molecule has 0 saturated carbocycles. The molecule has 0 N–H and O–H groups in total. The summed E-state index contributed by atoms with van der Waals surface area (Å²) < 4.78 is 31.7. The van der Waals surface area contributed by atoms with Gasteiger partial charge in [0, 0.05) is 26.2 Å². The SMILES string of the molecule is CCN1CCN(C(=O)COc2ccc(N(Cc3ccc(C)cc3)S(C)(=O)=O)cc2)CC1. The Kier molecular flexibility index (Phi) is 7.56. The van der Waals surface area contributed by atoms with Crippen molar-refractivity contribution in [3.63, 3.8) is 0 Å². The summed E-state index contributed by atoms with van der Waals surface area (Å²) in [6, 6.07) is 14.6. The fraction of sp³-hybridized carbons (Fsp3) is 0.435. The maximum atomic E-state index is 12.4.